The third kappa shape index (κ3) is 3.31. The van der Waals surface area contributed by atoms with Gasteiger partial charge in [-0.1, -0.05) is 0 Å². The normalized spacial score (nSPS) is 38.4. The molecule has 2 aliphatic rings. The van der Waals surface area contributed by atoms with E-state index in [-0.39, 0.29) is 0 Å². The molecule has 0 aliphatic carbocycles. The largest absolute Gasteiger partial charge is 0.505 e. The minimum absolute atomic E-state index is 0.738. The number of esters is 1. The van der Waals surface area contributed by atoms with Crippen LogP contribution < -0.4 is 0 Å². The van der Waals surface area contributed by atoms with Gasteiger partial charge in [-0.05, 0) is 0 Å². The number of hydrogen-bond donors (Lipinski definition) is 8. The number of carbonyl (C=O) groups excluding carboxylic acids is 1. The molecular formula is C12H18O12. The van der Waals surface area contributed by atoms with Crippen molar-refractivity contribution in [1.29, 1.82) is 0 Å². The zero-order valence-electron chi connectivity index (χ0n) is 12.0. The summed E-state index contributed by atoms with van der Waals surface area (Å²) in [5.41, 5.74) is 0. The van der Waals surface area contributed by atoms with E-state index in [4.69, 9.17) is 24.8 Å². The maximum Gasteiger partial charge on any atom is 0.378 e. The lowest BCUT2D eigenvalue weighted by Crippen LogP contribution is -2.59. The molecule has 1 fully saturated rings. The van der Waals surface area contributed by atoms with Gasteiger partial charge in [-0.15, -0.1) is 0 Å². The number of cyclic esters (lactones) is 1. The van der Waals surface area contributed by atoms with Gasteiger partial charge in [-0.3, -0.25) is 0 Å². The summed E-state index contributed by atoms with van der Waals surface area (Å²) in [4.78, 5) is 11.7. The summed E-state index contributed by atoms with van der Waals surface area (Å²) in [5.74, 6) is -3.18. The number of aliphatic hydroxyl groups is 8. The van der Waals surface area contributed by atoms with Crippen LogP contribution in [0.15, 0.2) is 11.5 Å². The number of carbonyl (C=O) groups is 1. The van der Waals surface area contributed by atoms with E-state index in [1.807, 2.05) is 0 Å². The Hall–Kier alpha value is -1.51. The molecule has 12 heteroatoms. The van der Waals surface area contributed by atoms with Crippen molar-refractivity contribution in [3.05, 3.63) is 11.5 Å². The Morgan fingerprint density at radius 1 is 1.08 bits per heavy atom. The minimum Gasteiger partial charge on any atom is -0.505 e. The summed E-state index contributed by atoms with van der Waals surface area (Å²) < 4.78 is 14.4. The van der Waals surface area contributed by atoms with E-state index in [1.54, 1.807) is 0 Å². The van der Waals surface area contributed by atoms with Gasteiger partial charge in [0.05, 0.1) is 6.61 Å². The van der Waals surface area contributed by atoms with Gasteiger partial charge in [0.25, 0.3) is 0 Å². The molecule has 7 unspecified atom stereocenters. The average molecular weight is 354 g/mol. The molecule has 0 amide bonds. The second-order valence-electron chi connectivity index (χ2n) is 5.26. The highest BCUT2D eigenvalue weighted by Gasteiger charge is 2.48. The van der Waals surface area contributed by atoms with E-state index in [0.29, 0.717) is 0 Å². The van der Waals surface area contributed by atoms with E-state index in [1.165, 1.54) is 0 Å². The molecule has 0 aromatic carbocycles. The fraction of sp³-hybridized carbons (Fsp3) is 0.750. The third-order valence-corrected chi connectivity index (χ3v) is 3.62. The minimum atomic E-state index is -2.32. The lowest BCUT2D eigenvalue weighted by atomic mass is 9.99. The molecule has 2 rings (SSSR count). The van der Waals surface area contributed by atoms with Crippen LogP contribution in [-0.2, 0) is 19.0 Å². The van der Waals surface area contributed by atoms with Gasteiger partial charge in [0.1, 0.15) is 30.5 Å². The highest BCUT2D eigenvalue weighted by Crippen LogP contribution is 2.29. The first-order valence-electron chi connectivity index (χ1n) is 6.84. The maximum atomic E-state index is 11.7. The van der Waals surface area contributed by atoms with Crippen molar-refractivity contribution < 1.29 is 59.9 Å². The quantitative estimate of drug-likeness (QED) is 0.173. The Morgan fingerprint density at radius 2 is 1.71 bits per heavy atom. The van der Waals surface area contributed by atoms with E-state index in [2.05, 4.69) is 4.74 Å². The molecule has 0 saturated carbocycles. The molecule has 0 aromatic heterocycles. The first-order valence-corrected chi connectivity index (χ1v) is 6.84. The standard InChI is InChI=1S/C12H18O12/c13-1-2-3(14)4(15)5(16)12(22-2)24-9-6(17)8(23-11(9)21)7(18)10(19)20/h2-5,7-8,10,12-20H,1H2. The van der Waals surface area contributed by atoms with Crippen molar-refractivity contribution in [2.45, 2.75) is 49.2 Å². The average Bonchev–Trinajstić information content (AvgIpc) is 2.82. The molecule has 2 heterocycles. The van der Waals surface area contributed by atoms with Gasteiger partial charge in [0.15, 0.2) is 18.2 Å². The Morgan fingerprint density at radius 3 is 2.25 bits per heavy atom. The van der Waals surface area contributed by atoms with Crippen molar-refractivity contribution in [3.8, 4) is 0 Å². The summed E-state index contributed by atoms with van der Waals surface area (Å²) in [6.45, 7) is -0.738. The summed E-state index contributed by atoms with van der Waals surface area (Å²) >= 11 is 0. The van der Waals surface area contributed by atoms with Gasteiger partial charge in [-0.2, -0.15) is 0 Å². The van der Waals surface area contributed by atoms with Crippen LogP contribution in [-0.4, -0.2) is 103 Å². The summed E-state index contributed by atoms with van der Waals surface area (Å²) in [6, 6.07) is 0. The van der Waals surface area contributed by atoms with E-state index in [0.717, 1.165) is 0 Å². The van der Waals surface area contributed by atoms with Crippen LogP contribution in [0.4, 0.5) is 0 Å². The molecule has 1 saturated heterocycles. The smallest absolute Gasteiger partial charge is 0.378 e. The summed E-state index contributed by atoms with van der Waals surface area (Å²) in [5, 5.41) is 75.0. The summed E-state index contributed by atoms with van der Waals surface area (Å²) in [6.07, 6.45) is -14.6. The third-order valence-electron chi connectivity index (χ3n) is 3.62. The van der Waals surface area contributed by atoms with Gasteiger partial charge >= 0.3 is 5.97 Å². The van der Waals surface area contributed by atoms with Crippen LogP contribution in [0.25, 0.3) is 0 Å². The van der Waals surface area contributed by atoms with E-state index in [9.17, 15) is 30.3 Å². The zero-order chi connectivity index (χ0) is 18.2. The molecule has 7 atom stereocenters. The van der Waals surface area contributed by atoms with Crippen molar-refractivity contribution in [3.63, 3.8) is 0 Å². The molecule has 0 radical (unpaired) electrons. The molecule has 24 heavy (non-hydrogen) atoms. The highest BCUT2D eigenvalue weighted by molar-refractivity contribution is 5.89. The van der Waals surface area contributed by atoms with Crippen molar-refractivity contribution in [1.82, 2.24) is 0 Å². The molecule has 2 aliphatic heterocycles. The van der Waals surface area contributed by atoms with Crippen molar-refractivity contribution in [2.24, 2.45) is 0 Å². The molecule has 0 aromatic rings. The molecule has 0 bridgehead atoms. The lowest BCUT2D eigenvalue weighted by molar-refractivity contribution is -0.291. The molecule has 8 N–H and O–H groups in total. The topological polar surface area (TPSA) is 207 Å². The predicted molar refractivity (Wildman–Crippen MR) is 68.6 cm³/mol. The first kappa shape index (κ1) is 18.8. The van der Waals surface area contributed by atoms with Crippen LogP contribution in [0.2, 0.25) is 0 Å². The first-order chi connectivity index (χ1) is 11.2. The summed E-state index contributed by atoms with van der Waals surface area (Å²) in [7, 11) is 0. The van der Waals surface area contributed by atoms with Crippen LogP contribution in [0.5, 0.6) is 0 Å². The Labute approximate surface area is 134 Å². The Kier molecular flexibility index (Phi) is 5.62. The van der Waals surface area contributed by atoms with Crippen molar-refractivity contribution >= 4 is 5.97 Å². The van der Waals surface area contributed by atoms with Gasteiger partial charge in [0.2, 0.25) is 12.0 Å². The van der Waals surface area contributed by atoms with E-state index >= 15 is 0 Å². The van der Waals surface area contributed by atoms with Crippen LogP contribution in [0.1, 0.15) is 0 Å². The molecular weight excluding hydrogens is 336 g/mol. The number of rotatable bonds is 5. The molecule has 12 nitrogen and oxygen atoms in total. The predicted octanol–water partition coefficient (Wildman–Crippen LogP) is -4.83. The SMILES string of the molecule is O=C1OC(C(O)C(O)O)C(O)=C1OC1OC(CO)C(O)C(O)C1O. The number of ether oxygens (including phenoxy) is 3. The highest BCUT2D eigenvalue weighted by atomic mass is 16.7. The maximum absolute atomic E-state index is 11.7. The number of aliphatic hydroxyl groups excluding tert-OH is 7. The van der Waals surface area contributed by atoms with Crippen molar-refractivity contribution in [2.75, 3.05) is 6.61 Å². The molecule has 138 valence electrons. The number of hydrogen-bond acceptors (Lipinski definition) is 12. The fourth-order valence-corrected chi connectivity index (χ4v) is 2.24. The molecule has 0 spiro atoms. The zero-order valence-corrected chi connectivity index (χ0v) is 12.0. The second-order valence-corrected chi connectivity index (χ2v) is 5.26. The van der Waals surface area contributed by atoms with Crippen LogP contribution >= 0.6 is 0 Å². The Bertz CT molecular complexity index is 502. The van der Waals surface area contributed by atoms with Crippen LogP contribution in [0, 0.1) is 0 Å². The van der Waals surface area contributed by atoms with E-state index < -0.39 is 73.3 Å². The lowest BCUT2D eigenvalue weighted by Gasteiger charge is -2.39. The van der Waals surface area contributed by atoms with Gasteiger partial charge < -0.3 is 55.1 Å². The second kappa shape index (κ2) is 7.16. The Balaban J connectivity index is 2.18. The monoisotopic (exact) mass is 354 g/mol. The van der Waals surface area contributed by atoms with Gasteiger partial charge in [-0.25, -0.2) is 4.79 Å². The fourth-order valence-electron chi connectivity index (χ4n) is 2.24. The van der Waals surface area contributed by atoms with Crippen LogP contribution in [0.3, 0.4) is 0 Å². The van der Waals surface area contributed by atoms with Gasteiger partial charge in [0, 0.05) is 0 Å².